The van der Waals surface area contributed by atoms with E-state index in [1.54, 1.807) is 6.20 Å². The van der Waals surface area contributed by atoms with E-state index in [0.29, 0.717) is 12.4 Å². The molecule has 2 aromatic rings. The van der Waals surface area contributed by atoms with Crippen LogP contribution < -0.4 is 10.1 Å². The molecule has 0 bridgehead atoms. The van der Waals surface area contributed by atoms with Crippen molar-refractivity contribution < 1.29 is 9.84 Å². The van der Waals surface area contributed by atoms with Crippen LogP contribution >= 0.6 is 0 Å². The number of nitrogens with one attached hydrogen (secondary N) is 1. The van der Waals surface area contributed by atoms with Crippen molar-refractivity contribution in [1.82, 2.24) is 4.98 Å². The molecule has 0 aliphatic rings. The van der Waals surface area contributed by atoms with Crippen molar-refractivity contribution in [2.45, 2.75) is 20.1 Å². The smallest absolute Gasteiger partial charge is 0.132 e. The average molecular weight is 258 g/mol. The Bertz CT molecular complexity index is 529. The van der Waals surface area contributed by atoms with E-state index in [2.05, 4.69) is 10.3 Å². The molecule has 0 saturated carbocycles. The van der Waals surface area contributed by atoms with Crippen molar-refractivity contribution >= 4 is 5.82 Å². The molecule has 0 fully saturated rings. The molecule has 0 radical (unpaired) electrons. The molecular formula is C15H18N2O2. The van der Waals surface area contributed by atoms with Crippen LogP contribution in [0.25, 0.3) is 0 Å². The summed E-state index contributed by atoms with van der Waals surface area (Å²) in [6.45, 7) is 3.24. The van der Waals surface area contributed by atoms with Crippen molar-refractivity contribution in [3.8, 4) is 5.75 Å². The Morgan fingerprint density at radius 3 is 2.74 bits per heavy atom. The first-order valence-corrected chi connectivity index (χ1v) is 6.34. The second-order valence-corrected chi connectivity index (χ2v) is 4.10. The van der Waals surface area contributed by atoms with Crippen LogP contribution in [0.1, 0.15) is 18.1 Å². The number of para-hydroxylation sites is 1. The van der Waals surface area contributed by atoms with Crippen LogP contribution in [-0.4, -0.2) is 16.6 Å². The fourth-order valence-electron chi connectivity index (χ4n) is 1.81. The minimum absolute atomic E-state index is 0.0245. The largest absolute Gasteiger partial charge is 0.488 e. The number of hydrogen-bond donors (Lipinski definition) is 2. The zero-order valence-corrected chi connectivity index (χ0v) is 11.0. The van der Waals surface area contributed by atoms with Gasteiger partial charge in [-0.2, -0.15) is 0 Å². The lowest BCUT2D eigenvalue weighted by Crippen LogP contribution is -2.06. The summed E-state index contributed by atoms with van der Waals surface area (Å²) < 4.78 is 5.76. The fourth-order valence-corrected chi connectivity index (χ4v) is 1.81. The third-order valence-corrected chi connectivity index (χ3v) is 2.76. The van der Waals surface area contributed by atoms with E-state index >= 15 is 0 Å². The second kappa shape index (κ2) is 6.75. The van der Waals surface area contributed by atoms with Crippen molar-refractivity contribution in [3.05, 3.63) is 53.7 Å². The lowest BCUT2D eigenvalue weighted by atomic mass is 10.2. The average Bonchev–Trinajstić information content (AvgIpc) is 2.47. The molecule has 4 nitrogen and oxygen atoms in total. The van der Waals surface area contributed by atoms with Crippen LogP contribution in [0.4, 0.5) is 5.82 Å². The summed E-state index contributed by atoms with van der Waals surface area (Å²) in [5.74, 6) is 1.54. The van der Waals surface area contributed by atoms with Gasteiger partial charge >= 0.3 is 0 Å². The molecule has 0 spiro atoms. The highest BCUT2D eigenvalue weighted by molar-refractivity contribution is 5.43. The molecule has 0 atom stereocenters. The number of aliphatic hydroxyl groups is 1. The van der Waals surface area contributed by atoms with Crippen LogP contribution in [0.2, 0.25) is 0 Å². The highest BCUT2D eigenvalue weighted by Crippen LogP contribution is 2.20. The van der Waals surface area contributed by atoms with Gasteiger partial charge in [0.1, 0.15) is 18.2 Å². The number of ether oxygens (including phenoxy) is 1. The Labute approximate surface area is 113 Å². The normalized spacial score (nSPS) is 10.2. The van der Waals surface area contributed by atoms with E-state index < -0.39 is 0 Å². The molecular weight excluding hydrogens is 240 g/mol. The summed E-state index contributed by atoms with van der Waals surface area (Å²) in [6.07, 6.45) is 1.75. The Morgan fingerprint density at radius 2 is 1.95 bits per heavy atom. The van der Waals surface area contributed by atoms with Crippen LogP contribution in [0.5, 0.6) is 5.75 Å². The first-order chi connectivity index (χ1) is 9.35. The number of hydrogen-bond acceptors (Lipinski definition) is 4. The fraction of sp³-hybridized carbons (Fsp3) is 0.267. The van der Waals surface area contributed by atoms with Gasteiger partial charge in [0.25, 0.3) is 0 Å². The number of benzene rings is 1. The van der Waals surface area contributed by atoms with Gasteiger partial charge in [0.05, 0.1) is 6.61 Å². The van der Waals surface area contributed by atoms with Crippen LogP contribution in [0.15, 0.2) is 42.6 Å². The molecule has 1 heterocycles. The summed E-state index contributed by atoms with van der Waals surface area (Å²) in [6, 6.07) is 11.3. The maximum Gasteiger partial charge on any atom is 0.132 e. The number of pyridine rings is 1. The van der Waals surface area contributed by atoms with Gasteiger partial charge in [-0.15, -0.1) is 0 Å². The van der Waals surface area contributed by atoms with Gasteiger partial charge in [-0.3, -0.25) is 0 Å². The lowest BCUT2D eigenvalue weighted by molar-refractivity contribution is 0.259. The van der Waals surface area contributed by atoms with Gasteiger partial charge in [-0.25, -0.2) is 4.98 Å². The molecule has 0 amide bonds. The van der Waals surface area contributed by atoms with Crippen molar-refractivity contribution in [2.75, 3.05) is 11.9 Å². The van der Waals surface area contributed by atoms with E-state index in [9.17, 15) is 5.11 Å². The van der Waals surface area contributed by atoms with Gasteiger partial charge in [0.2, 0.25) is 0 Å². The third kappa shape index (κ3) is 3.45. The summed E-state index contributed by atoms with van der Waals surface area (Å²) >= 11 is 0. The molecule has 1 aromatic heterocycles. The Kier molecular flexibility index (Phi) is 4.75. The SMILES string of the molecule is CCNc1ncccc1COc1ccccc1CO. The van der Waals surface area contributed by atoms with E-state index in [4.69, 9.17) is 4.74 Å². The first-order valence-electron chi connectivity index (χ1n) is 6.34. The van der Waals surface area contributed by atoms with Crippen molar-refractivity contribution in [2.24, 2.45) is 0 Å². The highest BCUT2D eigenvalue weighted by atomic mass is 16.5. The summed E-state index contributed by atoms with van der Waals surface area (Å²) in [5.41, 5.74) is 1.79. The standard InChI is InChI=1S/C15H18N2O2/c1-2-16-15-13(7-5-9-17-15)11-19-14-8-4-3-6-12(14)10-18/h3-9,18H,2,10-11H2,1H3,(H,16,17). The van der Waals surface area contributed by atoms with Crippen molar-refractivity contribution in [1.29, 1.82) is 0 Å². The molecule has 0 aliphatic heterocycles. The van der Waals surface area contributed by atoms with Gasteiger partial charge in [-0.05, 0) is 19.1 Å². The minimum Gasteiger partial charge on any atom is -0.488 e. The van der Waals surface area contributed by atoms with Crippen LogP contribution in [-0.2, 0) is 13.2 Å². The molecule has 4 heteroatoms. The number of nitrogens with zero attached hydrogens (tertiary/aromatic N) is 1. The number of rotatable bonds is 6. The van der Waals surface area contributed by atoms with E-state index in [1.165, 1.54) is 0 Å². The maximum absolute atomic E-state index is 9.25. The predicted octanol–water partition coefficient (Wildman–Crippen LogP) is 2.58. The third-order valence-electron chi connectivity index (χ3n) is 2.76. The van der Waals surface area contributed by atoms with Crippen molar-refractivity contribution in [3.63, 3.8) is 0 Å². The highest BCUT2D eigenvalue weighted by Gasteiger charge is 2.05. The maximum atomic E-state index is 9.25. The summed E-state index contributed by atoms with van der Waals surface area (Å²) in [4.78, 5) is 4.28. The number of anilines is 1. The molecule has 0 saturated heterocycles. The van der Waals surface area contributed by atoms with Gasteiger partial charge in [-0.1, -0.05) is 24.3 Å². The molecule has 0 aliphatic carbocycles. The van der Waals surface area contributed by atoms with Crippen LogP contribution in [0.3, 0.4) is 0 Å². The van der Waals surface area contributed by atoms with Gasteiger partial charge < -0.3 is 15.2 Å². The zero-order valence-electron chi connectivity index (χ0n) is 11.0. The summed E-state index contributed by atoms with van der Waals surface area (Å²) in [7, 11) is 0. The van der Waals surface area contributed by atoms with Gasteiger partial charge in [0, 0.05) is 23.9 Å². The lowest BCUT2D eigenvalue weighted by Gasteiger charge is -2.12. The Hall–Kier alpha value is -2.07. The molecule has 19 heavy (non-hydrogen) atoms. The second-order valence-electron chi connectivity index (χ2n) is 4.10. The zero-order chi connectivity index (χ0) is 13.5. The molecule has 1 aromatic carbocycles. The van der Waals surface area contributed by atoms with E-state index in [0.717, 1.165) is 23.5 Å². The predicted molar refractivity (Wildman–Crippen MR) is 75.1 cm³/mol. The first kappa shape index (κ1) is 13.4. The minimum atomic E-state index is -0.0245. The van der Waals surface area contributed by atoms with E-state index in [1.807, 2.05) is 43.3 Å². The number of aromatic nitrogens is 1. The van der Waals surface area contributed by atoms with E-state index in [-0.39, 0.29) is 6.61 Å². The molecule has 2 N–H and O–H groups in total. The Morgan fingerprint density at radius 1 is 1.16 bits per heavy atom. The summed E-state index contributed by atoms with van der Waals surface area (Å²) in [5, 5.41) is 12.5. The number of aliphatic hydroxyl groups excluding tert-OH is 1. The monoisotopic (exact) mass is 258 g/mol. The molecule has 2 rings (SSSR count). The van der Waals surface area contributed by atoms with Gasteiger partial charge in [0.15, 0.2) is 0 Å². The Balaban J connectivity index is 2.10. The molecule has 100 valence electrons. The topological polar surface area (TPSA) is 54.4 Å². The molecule has 0 unspecified atom stereocenters. The van der Waals surface area contributed by atoms with Crippen LogP contribution in [0, 0.1) is 0 Å². The quantitative estimate of drug-likeness (QED) is 0.836.